The van der Waals surface area contributed by atoms with Crippen molar-refractivity contribution in [2.24, 2.45) is 0 Å². The Morgan fingerprint density at radius 2 is 1.35 bits per heavy atom. The quantitative estimate of drug-likeness (QED) is 0.749. The molecule has 0 fully saturated rings. The van der Waals surface area contributed by atoms with Gasteiger partial charge in [0.15, 0.2) is 6.07 Å². The molecule has 2 aromatic rings. The van der Waals surface area contributed by atoms with E-state index in [1.807, 2.05) is 54.6 Å². The van der Waals surface area contributed by atoms with Crippen LogP contribution in [0.15, 0.2) is 54.6 Å². The molecular formula is C14H13ClO2. The average Bonchev–Trinajstić information content (AvgIpc) is 2.40. The molecule has 0 unspecified atom stereocenters. The minimum Gasteiger partial charge on any atom is -0.489 e. The van der Waals surface area contributed by atoms with Crippen molar-refractivity contribution in [2.75, 3.05) is 6.07 Å². The molecule has 0 amide bonds. The summed E-state index contributed by atoms with van der Waals surface area (Å²) in [5.74, 6) is 1.56. The van der Waals surface area contributed by atoms with Crippen LogP contribution in [0.25, 0.3) is 0 Å². The van der Waals surface area contributed by atoms with Gasteiger partial charge in [0.05, 0.1) is 0 Å². The van der Waals surface area contributed by atoms with E-state index in [4.69, 9.17) is 21.1 Å². The van der Waals surface area contributed by atoms with E-state index >= 15 is 0 Å². The minimum absolute atomic E-state index is 0.157. The summed E-state index contributed by atoms with van der Waals surface area (Å²) in [6, 6.07) is 17.6. The Hall–Kier alpha value is -1.67. The average molecular weight is 249 g/mol. The summed E-state index contributed by atoms with van der Waals surface area (Å²) in [6.07, 6.45) is 0. The van der Waals surface area contributed by atoms with Gasteiger partial charge < -0.3 is 9.47 Å². The summed E-state index contributed by atoms with van der Waals surface area (Å²) >= 11 is 5.46. The monoisotopic (exact) mass is 248 g/mol. The molecule has 88 valence electrons. The third-order valence-electron chi connectivity index (χ3n) is 2.29. The minimum atomic E-state index is 0.157. The zero-order chi connectivity index (χ0) is 11.9. The highest BCUT2D eigenvalue weighted by atomic mass is 35.5. The molecule has 0 atom stereocenters. The predicted octanol–water partition coefficient (Wildman–Crippen LogP) is 3.84. The van der Waals surface area contributed by atoms with Crippen LogP contribution in [0, 0.1) is 0 Å². The van der Waals surface area contributed by atoms with Crippen LogP contribution < -0.4 is 9.47 Å². The van der Waals surface area contributed by atoms with Crippen LogP contribution >= 0.6 is 11.6 Å². The first-order valence-corrected chi connectivity index (χ1v) is 5.87. The molecule has 0 aliphatic rings. The molecule has 0 saturated carbocycles. The summed E-state index contributed by atoms with van der Waals surface area (Å²) in [6.45, 7) is 0.566. The predicted molar refractivity (Wildman–Crippen MR) is 68.6 cm³/mol. The molecule has 0 N–H and O–H groups in total. The topological polar surface area (TPSA) is 18.5 Å². The van der Waals surface area contributed by atoms with E-state index in [9.17, 15) is 0 Å². The molecule has 0 radical (unpaired) electrons. The number of halogens is 1. The molecule has 0 aromatic heterocycles. The van der Waals surface area contributed by atoms with E-state index in [0.29, 0.717) is 6.61 Å². The van der Waals surface area contributed by atoms with E-state index in [1.165, 1.54) is 0 Å². The summed E-state index contributed by atoms with van der Waals surface area (Å²) in [5.41, 5.74) is 1.15. The van der Waals surface area contributed by atoms with Crippen molar-refractivity contribution in [3.05, 3.63) is 60.2 Å². The van der Waals surface area contributed by atoms with Gasteiger partial charge in [-0.05, 0) is 29.8 Å². The highest BCUT2D eigenvalue weighted by Crippen LogP contribution is 2.18. The number of ether oxygens (including phenoxy) is 2. The first-order chi connectivity index (χ1) is 8.38. The van der Waals surface area contributed by atoms with Gasteiger partial charge in [0.25, 0.3) is 0 Å². The van der Waals surface area contributed by atoms with Crippen molar-refractivity contribution in [1.82, 2.24) is 0 Å². The van der Waals surface area contributed by atoms with Crippen LogP contribution in [0.3, 0.4) is 0 Å². The van der Waals surface area contributed by atoms with Gasteiger partial charge in [-0.25, -0.2) is 0 Å². The summed E-state index contributed by atoms with van der Waals surface area (Å²) in [5, 5.41) is 0. The maximum atomic E-state index is 5.64. The molecule has 0 bridgehead atoms. The van der Waals surface area contributed by atoms with Crippen molar-refractivity contribution in [1.29, 1.82) is 0 Å². The van der Waals surface area contributed by atoms with E-state index in [1.54, 1.807) is 0 Å². The zero-order valence-electron chi connectivity index (χ0n) is 9.30. The van der Waals surface area contributed by atoms with Gasteiger partial charge in [0.1, 0.15) is 18.1 Å². The zero-order valence-corrected chi connectivity index (χ0v) is 10.1. The number of alkyl halides is 1. The molecule has 0 heterocycles. The standard InChI is InChI=1S/C14H13ClO2/c15-11-17-14-8-6-13(7-9-14)16-10-12-4-2-1-3-5-12/h1-9H,10-11H2. The van der Waals surface area contributed by atoms with Crippen molar-refractivity contribution in [3.63, 3.8) is 0 Å². The maximum absolute atomic E-state index is 5.64. The number of hydrogen-bond acceptors (Lipinski definition) is 2. The molecular weight excluding hydrogens is 236 g/mol. The van der Waals surface area contributed by atoms with Gasteiger partial charge in [-0.2, -0.15) is 0 Å². The SMILES string of the molecule is ClCOc1ccc(OCc2ccccc2)cc1. The molecule has 2 nitrogen and oxygen atoms in total. The second-order valence-corrected chi connectivity index (χ2v) is 3.72. The van der Waals surface area contributed by atoms with E-state index < -0.39 is 0 Å². The maximum Gasteiger partial charge on any atom is 0.162 e. The van der Waals surface area contributed by atoms with Gasteiger partial charge in [0, 0.05) is 0 Å². The van der Waals surface area contributed by atoms with Crippen molar-refractivity contribution in [2.45, 2.75) is 6.61 Å². The lowest BCUT2D eigenvalue weighted by atomic mass is 10.2. The van der Waals surface area contributed by atoms with Crippen molar-refractivity contribution in [3.8, 4) is 11.5 Å². The summed E-state index contributed by atoms with van der Waals surface area (Å²) in [4.78, 5) is 0. The second kappa shape index (κ2) is 6.16. The summed E-state index contributed by atoms with van der Waals surface area (Å²) in [7, 11) is 0. The number of rotatable bonds is 5. The van der Waals surface area contributed by atoms with Crippen LogP contribution in [0.4, 0.5) is 0 Å². The third-order valence-corrected chi connectivity index (χ3v) is 2.40. The van der Waals surface area contributed by atoms with Crippen LogP contribution in [0.2, 0.25) is 0 Å². The molecule has 2 rings (SSSR count). The van der Waals surface area contributed by atoms with E-state index in [2.05, 4.69) is 0 Å². The Kier molecular flexibility index (Phi) is 4.28. The second-order valence-electron chi connectivity index (χ2n) is 3.50. The Balaban J connectivity index is 1.91. The van der Waals surface area contributed by atoms with Crippen LogP contribution in [-0.2, 0) is 6.61 Å². The van der Waals surface area contributed by atoms with Crippen LogP contribution in [-0.4, -0.2) is 6.07 Å². The van der Waals surface area contributed by atoms with E-state index in [-0.39, 0.29) is 6.07 Å². The molecule has 0 aliphatic heterocycles. The number of benzene rings is 2. The number of hydrogen-bond donors (Lipinski definition) is 0. The first-order valence-electron chi connectivity index (χ1n) is 5.34. The lowest BCUT2D eigenvalue weighted by molar-refractivity contribution is 0.305. The molecule has 0 aliphatic carbocycles. The fraction of sp³-hybridized carbons (Fsp3) is 0.143. The van der Waals surface area contributed by atoms with Gasteiger partial charge in [-0.3, -0.25) is 0 Å². The lowest BCUT2D eigenvalue weighted by Gasteiger charge is -2.07. The normalized spacial score (nSPS) is 9.94. The fourth-order valence-electron chi connectivity index (χ4n) is 1.44. The van der Waals surface area contributed by atoms with Gasteiger partial charge in [-0.15, -0.1) is 0 Å². The third kappa shape index (κ3) is 3.68. The molecule has 3 heteroatoms. The molecule has 17 heavy (non-hydrogen) atoms. The van der Waals surface area contributed by atoms with Gasteiger partial charge in [-0.1, -0.05) is 41.9 Å². The van der Waals surface area contributed by atoms with E-state index in [0.717, 1.165) is 17.1 Å². The Morgan fingerprint density at radius 3 is 1.94 bits per heavy atom. The lowest BCUT2D eigenvalue weighted by Crippen LogP contribution is -1.95. The molecule has 2 aromatic carbocycles. The Bertz CT molecular complexity index is 440. The Morgan fingerprint density at radius 1 is 0.765 bits per heavy atom. The van der Waals surface area contributed by atoms with Gasteiger partial charge in [0.2, 0.25) is 0 Å². The van der Waals surface area contributed by atoms with Crippen LogP contribution in [0.1, 0.15) is 5.56 Å². The van der Waals surface area contributed by atoms with Gasteiger partial charge >= 0.3 is 0 Å². The fourth-order valence-corrected chi connectivity index (χ4v) is 1.56. The molecule has 0 spiro atoms. The highest BCUT2D eigenvalue weighted by molar-refractivity contribution is 6.17. The Labute approximate surface area is 106 Å². The first kappa shape index (κ1) is 11.8. The molecule has 0 saturated heterocycles. The van der Waals surface area contributed by atoms with Crippen LogP contribution in [0.5, 0.6) is 11.5 Å². The summed E-state index contributed by atoms with van der Waals surface area (Å²) < 4.78 is 10.8. The van der Waals surface area contributed by atoms with Crippen molar-refractivity contribution < 1.29 is 9.47 Å². The van der Waals surface area contributed by atoms with Crippen molar-refractivity contribution >= 4 is 11.6 Å². The highest BCUT2D eigenvalue weighted by Gasteiger charge is 1.96. The smallest absolute Gasteiger partial charge is 0.162 e. The largest absolute Gasteiger partial charge is 0.489 e.